The molecule has 0 radical (unpaired) electrons. The van der Waals surface area contributed by atoms with E-state index in [2.05, 4.69) is 582 Å². The predicted molar refractivity (Wildman–Crippen MR) is 635 cm³/mol. The van der Waals surface area contributed by atoms with Crippen molar-refractivity contribution in [3.63, 3.8) is 0 Å². The van der Waals surface area contributed by atoms with E-state index in [-0.39, 0.29) is 32.5 Å². The van der Waals surface area contributed by atoms with Crippen molar-refractivity contribution < 1.29 is 0 Å². The van der Waals surface area contributed by atoms with Crippen molar-refractivity contribution in [1.82, 2.24) is 0 Å². The van der Waals surface area contributed by atoms with Gasteiger partial charge >= 0.3 is 0 Å². The SMILES string of the molecule is CC(C)(C)CC(c1ccccc1-c1ccc2c(c1)C1(c3ccccc3-2)c2ccccc2-c2ccc(-c3ccccc3N(c3ccc(-c4ccccc4)cc3)c3ccc4c(c3)C(C)(C)c3ccccc3-4)cc21)C(C)(C)C.CC(C)(C)CC(c1ccccc1-c1ccc2c(c1)C1(c3ccccc3-c3ccc(-c4cccc(N(c5ccc(-c6ccccc6)cc5)c5ccc6c(c5)C(C)(C)c5ccccc5-6)c4)cc31)c1ccccc1-2)C(C)(C)C. The van der Waals surface area contributed by atoms with Crippen LogP contribution in [0.5, 0.6) is 0 Å². The van der Waals surface area contributed by atoms with Gasteiger partial charge in [0.05, 0.1) is 16.5 Å². The maximum atomic E-state index is 2.58. The van der Waals surface area contributed by atoms with Gasteiger partial charge < -0.3 is 9.80 Å². The van der Waals surface area contributed by atoms with Crippen molar-refractivity contribution in [3.05, 3.63) is 539 Å². The Labute approximate surface area is 888 Å². The topological polar surface area (TPSA) is 6.48 Å². The summed E-state index contributed by atoms with van der Waals surface area (Å²) < 4.78 is 0. The number of para-hydroxylation sites is 1. The molecule has 0 amide bonds. The van der Waals surface area contributed by atoms with Crippen LogP contribution in [-0.4, -0.2) is 0 Å². The van der Waals surface area contributed by atoms with Crippen molar-refractivity contribution in [2.24, 2.45) is 21.7 Å². The third-order valence-electron chi connectivity index (χ3n) is 34.2. The molecule has 0 aromatic heterocycles. The van der Waals surface area contributed by atoms with Crippen LogP contribution in [0.25, 0.3) is 134 Å². The smallest absolute Gasteiger partial charge is 0.0725 e. The Bertz CT molecular complexity index is 8700. The van der Waals surface area contributed by atoms with E-state index in [9.17, 15) is 0 Å². The largest absolute Gasteiger partial charge is 0.310 e. The molecule has 0 heterocycles. The number of benzene rings is 20. The lowest BCUT2D eigenvalue weighted by Gasteiger charge is -2.37. The van der Waals surface area contributed by atoms with E-state index >= 15 is 0 Å². The molecule has 0 fully saturated rings. The zero-order valence-electron chi connectivity index (χ0n) is 89.3. The maximum Gasteiger partial charge on any atom is 0.0725 e. The second kappa shape index (κ2) is 35.9. The normalized spacial score (nSPS) is 15.9. The van der Waals surface area contributed by atoms with Gasteiger partial charge in [-0.05, 0) is 343 Å². The summed E-state index contributed by atoms with van der Waals surface area (Å²) in [6, 6.07) is 175. The summed E-state index contributed by atoms with van der Waals surface area (Å²) in [4.78, 5) is 4.95. The van der Waals surface area contributed by atoms with Gasteiger partial charge in [0.1, 0.15) is 0 Å². The molecule has 0 saturated carbocycles. The van der Waals surface area contributed by atoms with Gasteiger partial charge in [-0.1, -0.05) is 481 Å². The van der Waals surface area contributed by atoms with Gasteiger partial charge in [0.15, 0.2) is 0 Å². The van der Waals surface area contributed by atoms with Crippen molar-refractivity contribution in [2.75, 3.05) is 9.80 Å². The minimum Gasteiger partial charge on any atom is -0.310 e. The first-order valence-electron chi connectivity index (χ1n) is 54.2. The number of fused-ring (bicyclic) bond motifs is 26. The molecule has 732 valence electrons. The molecule has 4 unspecified atom stereocenters. The third kappa shape index (κ3) is 15.6. The molecular weight excluding hydrogens is 1810 g/mol. The third-order valence-corrected chi connectivity index (χ3v) is 34.2. The fourth-order valence-electron chi connectivity index (χ4n) is 27.2. The summed E-state index contributed by atoms with van der Waals surface area (Å²) in [5.41, 5.74) is 55.7. The van der Waals surface area contributed by atoms with E-state index in [0.717, 1.165) is 47.0 Å². The monoisotopic (exact) mass is 1940 g/mol. The summed E-state index contributed by atoms with van der Waals surface area (Å²) in [5.74, 6) is 0.764. The van der Waals surface area contributed by atoms with Crippen LogP contribution in [-0.2, 0) is 21.7 Å². The molecule has 20 aromatic carbocycles. The highest BCUT2D eigenvalue weighted by Crippen LogP contribution is 2.68. The van der Waals surface area contributed by atoms with Crippen molar-refractivity contribution in [3.8, 4) is 134 Å². The molecule has 0 saturated heterocycles. The molecule has 26 rings (SSSR count). The lowest BCUT2D eigenvalue weighted by molar-refractivity contribution is 0.229. The summed E-state index contributed by atoms with van der Waals surface area (Å²) in [5, 5.41) is 0. The molecule has 0 bridgehead atoms. The fourth-order valence-corrected chi connectivity index (χ4v) is 27.2. The van der Waals surface area contributed by atoms with Gasteiger partial charge in [0, 0.05) is 44.8 Å². The zero-order chi connectivity index (χ0) is 103. The standard InChI is InChI=1S/2C74H65N/c1-71(2,3)47-69(72(4,5)6)56-26-13-12-24-54(56)50-36-41-61-58-28-15-19-31-64(58)74(67(61)44-50)65-32-20-16-29-59(65)62-42-37-51(45-68(62)74)55-25-17-21-33-70(55)75(52-38-34-49(35-39-52)48-22-10-9-11-23-48)53-40-43-60-57-27-14-18-30-63(57)73(7,8)66(60)46-53;1-71(2,3)47-70(72(4,5)6)57-26-13-12-25-56(57)52-36-41-63-60-29-16-19-32-66(60)74(69(63)45-52)65-31-18-15-28-59(65)62-40-35-51(44-68(62)74)50-23-20-24-54(43-50)75(53-37-33-49(34-38-53)48-21-10-9-11-22-48)55-39-42-61-58-27-14-17-30-64(58)73(7,8)67(61)46-55/h9-46,69H,47H2,1-8H3;9-46,70H,47H2,1-8H3. The fraction of sp³-hybridized carbons (Fsp3) is 0.189. The van der Waals surface area contributed by atoms with Gasteiger partial charge in [-0.25, -0.2) is 0 Å². The first kappa shape index (κ1) is 94.9. The summed E-state index contributed by atoms with van der Waals surface area (Å²) >= 11 is 0. The quantitative estimate of drug-likeness (QED) is 0.0951. The Morgan fingerprint density at radius 3 is 0.800 bits per heavy atom. The molecule has 2 nitrogen and oxygen atoms in total. The van der Waals surface area contributed by atoms with Crippen molar-refractivity contribution in [1.29, 1.82) is 0 Å². The Morgan fingerprint density at radius 1 is 0.173 bits per heavy atom. The van der Waals surface area contributed by atoms with Crippen LogP contribution < -0.4 is 9.80 Å². The zero-order valence-corrected chi connectivity index (χ0v) is 89.3. The second-order valence-corrected chi connectivity index (χ2v) is 48.6. The lowest BCUT2D eigenvalue weighted by atomic mass is 9.67. The molecular formula is C148H130N2. The van der Waals surface area contributed by atoms with Crippen molar-refractivity contribution in [2.45, 2.75) is 157 Å². The van der Waals surface area contributed by atoms with E-state index in [1.54, 1.807) is 0 Å². The molecule has 150 heavy (non-hydrogen) atoms. The van der Waals surface area contributed by atoms with Crippen LogP contribution in [0.1, 0.15) is 213 Å². The number of rotatable bonds is 16. The van der Waals surface area contributed by atoms with Crippen LogP contribution in [0.4, 0.5) is 34.1 Å². The van der Waals surface area contributed by atoms with Crippen molar-refractivity contribution >= 4 is 34.1 Å². The van der Waals surface area contributed by atoms with Gasteiger partial charge in [-0.2, -0.15) is 0 Å². The molecule has 0 aliphatic heterocycles. The average molecular weight is 1940 g/mol. The van der Waals surface area contributed by atoms with E-state index < -0.39 is 10.8 Å². The number of hydrogen-bond acceptors (Lipinski definition) is 2. The average Bonchev–Trinajstić information content (AvgIpc) is 1.51. The number of anilines is 6. The Kier molecular flexibility index (Phi) is 22.7. The highest BCUT2D eigenvalue weighted by molar-refractivity contribution is 6.02. The maximum absolute atomic E-state index is 2.58. The highest BCUT2D eigenvalue weighted by atomic mass is 15.2. The van der Waals surface area contributed by atoms with Gasteiger partial charge in [0.2, 0.25) is 0 Å². The Hall–Kier alpha value is -16.0. The summed E-state index contributed by atoms with van der Waals surface area (Å²) in [6.45, 7) is 38.3. The Balaban J connectivity index is 0.000000155. The predicted octanol–water partition coefficient (Wildman–Crippen LogP) is 40.7. The van der Waals surface area contributed by atoms with Gasteiger partial charge in [0.25, 0.3) is 0 Å². The van der Waals surface area contributed by atoms with E-state index in [1.807, 2.05) is 0 Å². The number of hydrogen-bond donors (Lipinski definition) is 0. The molecule has 4 atom stereocenters. The van der Waals surface area contributed by atoms with Crippen LogP contribution in [0, 0.1) is 21.7 Å². The molecule has 20 aromatic rings. The second-order valence-electron chi connectivity index (χ2n) is 48.6. The van der Waals surface area contributed by atoms with E-state index in [4.69, 9.17) is 0 Å². The summed E-state index contributed by atoms with van der Waals surface area (Å²) in [6.07, 6.45) is 2.21. The summed E-state index contributed by atoms with van der Waals surface area (Å²) in [7, 11) is 0. The minimum absolute atomic E-state index is 0.0811. The molecule has 6 aliphatic rings. The minimum atomic E-state index is -0.532. The van der Waals surface area contributed by atoms with Gasteiger partial charge in [-0.15, -0.1) is 0 Å². The van der Waals surface area contributed by atoms with Crippen LogP contribution in [0.15, 0.2) is 461 Å². The van der Waals surface area contributed by atoms with E-state index in [0.29, 0.717) is 11.8 Å². The van der Waals surface area contributed by atoms with Crippen LogP contribution >= 0.6 is 0 Å². The molecule has 2 heteroatoms. The Morgan fingerprint density at radius 2 is 0.420 bits per heavy atom. The lowest BCUT2D eigenvalue weighted by Crippen LogP contribution is -2.26. The molecule has 2 spiro atoms. The highest BCUT2D eigenvalue weighted by Gasteiger charge is 2.55. The molecule has 6 aliphatic carbocycles. The number of nitrogens with zero attached hydrogens (tertiary/aromatic N) is 2. The van der Waals surface area contributed by atoms with Crippen LogP contribution in [0.2, 0.25) is 0 Å². The first-order valence-corrected chi connectivity index (χ1v) is 54.2. The van der Waals surface area contributed by atoms with Gasteiger partial charge in [-0.3, -0.25) is 0 Å². The first-order chi connectivity index (χ1) is 72.4. The van der Waals surface area contributed by atoms with E-state index in [1.165, 1.54) is 211 Å². The van der Waals surface area contributed by atoms with Crippen LogP contribution in [0.3, 0.4) is 0 Å². The molecule has 0 N–H and O–H groups in total.